The zero-order valence-electron chi connectivity index (χ0n) is 21.9. The highest BCUT2D eigenvalue weighted by Gasteiger charge is 2.34. The number of rotatable bonds is 3. The molecule has 0 amide bonds. The van der Waals surface area contributed by atoms with Crippen LogP contribution in [0.5, 0.6) is 11.5 Å². The smallest absolute Gasteiger partial charge is 0.228 e. The molecule has 1 aliphatic heterocycles. The summed E-state index contributed by atoms with van der Waals surface area (Å²) in [7, 11) is 0.636. The molecule has 0 bridgehead atoms. The van der Waals surface area contributed by atoms with Crippen LogP contribution in [0.25, 0.3) is 43.6 Å². The predicted molar refractivity (Wildman–Crippen MR) is 152 cm³/mol. The van der Waals surface area contributed by atoms with Crippen molar-refractivity contribution in [3.8, 4) is 22.8 Å². The first-order valence-electron chi connectivity index (χ1n) is 12.8. The monoisotopic (exact) mass is 476 g/mol. The number of hydrogen-bond acceptors (Lipinski definition) is 1. The van der Waals surface area contributed by atoms with Gasteiger partial charge >= 0.3 is 0 Å². The van der Waals surface area contributed by atoms with Gasteiger partial charge < -0.3 is 4.74 Å². The molecule has 0 aliphatic carbocycles. The molecule has 0 spiro atoms. The van der Waals surface area contributed by atoms with Crippen LogP contribution in [0.2, 0.25) is 19.6 Å². The van der Waals surface area contributed by atoms with Crippen LogP contribution in [0.4, 0.5) is 0 Å². The van der Waals surface area contributed by atoms with E-state index in [0.717, 1.165) is 17.9 Å². The summed E-state index contributed by atoms with van der Waals surface area (Å²) < 4.78 is 9.30. The van der Waals surface area contributed by atoms with Gasteiger partial charge in [-0.25, -0.2) is 4.57 Å². The Bertz CT molecular complexity index is 1670. The summed E-state index contributed by atoms with van der Waals surface area (Å²) in [4.78, 5) is 0. The summed E-state index contributed by atoms with van der Waals surface area (Å²) in [5, 5.41) is 9.34. The lowest BCUT2D eigenvalue weighted by Crippen LogP contribution is -2.38. The predicted octanol–water partition coefficient (Wildman–Crippen LogP) is 7.80. The molecule has 176 valence electrons. The summed E-state index contributed by atoms with van der Waals surface area (Å²) >= 11 is 0. The van der Waals surface area contributed by atoms with Crippen molar-refractivity contribution in [1.82, 2.24) is 0 Å². The van der Waals surface area contributed by atoms with Crippen molar-refractivity contribution in [2.24, 2.45) is 13.0 Å². The highest BCUT2D eigenvalue weighted by molar-refractivity contribution is 6.90. The van der Waals surface area contributed by atoms with E-state index in [9.17, 15) is 0 Å². The minimum Gasteiger partial charge on any atom is -0.455 e. The van der Waals surface area contributed by atoms with Gasteiger partial charge in [0.25, 0.3) is 0 Å². The Morgan fingerprint density at radius 2 is 1.57 bits per heavy atom. The maximum absolute atomic E-state index is 7.00. The van der Waals surface area contributed by atoms with Crippen molar-refractivity contribution in [1.29, 1.82) is 0 Å². The fraction of sp³-hybridized carbons (Fsp3) is 0.281. The number of nitrogens with zero attached hydrogens (tertiary/aromatic N) is 1. The van der Waals surface area contributed by atoms with E-state index in [1.54, 1.807) is 0 Å². The minimum absolute atomic E-state index is 0.537. The van der Waals surface area contributed by atoms with E-state index in [4.69, 9.17) is 4.74 Å². The van der Waals surface area contributed by atoms with Crippen molar-refractivity contribution in [2.75, 3.05) is 0 Å². The second kappa shape index (κ2) is 7.66. The van der Waals surface area contributed by atoms with Crippen LogP contribution >= 0.6 is 0 Å². The number of ether oxygens (including phenoxy) is 1. The number of hydrogen-bond donors (Lipinski definition) is 0. The van der Waals surface area contributed by atoms with Gasteiger partial charge in [-0.2, -0.15) is 0 Å². The van der Waals surface area contributed by atoms with Crippen LogP contribution in [0.3, 0.4) is 0 Å². The molecule has 6 rings (SSSR count). The van der Waals surface area contributed by atoms with Gasteiger partial charge in [0.15, 0.2) is 6.20 Å². The lowest BCUT2D eigenvalue weighted by Gasteiger charge is -2.27. The van der Waals surface area contributed by atoms with Gasteiger partial charge in [-0.1, -0.05) is 81.1 Å². The van der Waals surface area contributed by atoms with Crippen LogP contribution < -0.4 is 14.5 Å². The van der Waals surface area contributed by atoms with Crippen LogP contribution in [-0.4, -0.2) is 8.07 Å². The van der Waals surface area contributed by atoms with Crippen LogP contribution in [0.1, 0.15) is 25.0 Å². The second-order valence-electron chi connectivity index (χ2n) is 11.6. The molecule has 0 radical (unpaired) electrons. The number of fused-ring (bicyclic) bond motifs is 5. The highest BCUT2D eigenvalue weighted by atomic mass is 28.3. The molecular weight excluding hydrogens is 442 g/mol. The van der Waals surface area contributed by atoms with Crippen LogP contribution in [-0.2, 0) is 13.5 Å². The SMILES string of the molecule is Cc1c2c(c(CC(C)C)c3ccccc13)Oc1cc3c([Si](C)(C)C)cccc3c3cc[n+](C)c-2c13. The van der Waals surface area contributed by atoms with Gasteiger partial charge in [-0.05, 0) is 52.4 Å². The molecule has 3 heteroatoms. The van der Waals surface area contributed by atoms with Gasteiger partial charge in [-0.15, -0.1) is 0 Å². The van der Waals surface area contributed by atoms with Crippen LogP contribution in [0, 0.1) is 12.8 Å². The third-order valence-corrected chi connectivity index (χ3v) is 9.70. The Hall–Kier alpha value is -3.17. The molecule has 0 atom stereocenters. The van der Waals surface area contributed by atoms with Crippen LogP contribution in [0.15, 0.2) is 60.8 Å². The molecule has 35 heavy (non-hydrogen) atoms. The maximum Gasteiger partial charge on any atom is 0.228 e. The largest absolute Gasteiger partial charge is 0.455 e. The van der Waals surface area contributed by atoms with E-state index in [2.05, 4.69) is 113 Å². The van der Waals surface area contributed by atoms with Crippen molar-refractivity contribution in [3.63, 3.8) is 0 Å². The van der Waals surface area contributed by atoms with Crippen molar-refractivity contribution in [3.05, 3.63) is 71.9 Å². The minimum atomic E-state index is -1.54. The lowest BCUT2D eigenvalue weighted by atomic mass is 9.85. The van der Waals surface area contributed by atoms with E-state index >= 15 is 0 Å². The van der Waals surface area contributed by atoms with E-state index in [-0.39, 0.29) is 0 Å². The number of pyridine rings is 1. The van der Waals surface area contributed by atoms with Crippen molar-refractivity contribution < 1.29 is 9.30 Å². The average molecular weight is 477 g/mol. The fourth-order valence-corrected chi connectivity index (χ4v) is 7.70. The van der Waals surface area contributed by atoms with E-state index < -0.39 is 8.07 Å². The van der Waals surface area contributed by atoms with Gasteiger partial charge in [0.1, 0.15) is 18.5 Å². The van der Waals surface area contributed by atoms with Crippen molar-refractivity contribution in [2.45, 2.75) is 46.8 Å². The third kappa shape index (κ3) is 3.25. The summed E-state index contributed by atoms with van der Waals surface area (Å²) in [5.74, 6) is 2.58. The highest BCUT2D eigenvalue weighted by Crippen LogP contribution is 2.52. The topological polar surface area (TPSA) is 13.1 Å². The number of aryl methyl sites for hydroxylation is 2. The summed E-state index contributed by atoms with van der Waals surface area (Å²) in [6, 6.07) is 20.3. The zero-order chi connectivity index (χ0) is 24.6. The molecule has 0 saturated heterocycles. The molecular formula is C32H34NOSi+. The first-order valence-corrected chi connectivity index (χ1v) is 16.3. The lowest BCUT2D eigenvalue weighted by molar-refractivity contribution is -0.659. The van der Waals surface area contributed by atoms with Gasteiger partial charge in [0, 0.05) is 17.0 Å². The molecule has 5 aromatic rings. The first-order chi connectivity index (χ1) is 16.7. The molecule has 0 fully saturated rings. The number of aromatic nitrogens is 1. The quantitative estimate of drug-likeness (QED) is 0.144. The van der Waals surface area contributed by atoms with E-state index in [1.807, 2.05) is 0 Å². The second-order valence-corrected chi connectivity index (χ2v) is 16.7. The van der Waals surface area contributed by atoms with Gasteiger partial charge in [0.2, 0.25) is 5.69 Å². The van der Waals surface area contributed by atoms with Gasteiger partial charge in [-0.3, -0.25) is 0 Å². The maximum atomic E-state index is 7.00. The van der Waals surface area contributed by atoms with E-state index in [1.165, 1.54) is 59.9 Å². The third-order valence-electron chi connectivity index (χ3n) is 7.64. The first kappa shape index (κ1) is 22.3. The van der Waals surface area contributed by atoms with Crippen molar-refractivity contribution >= 4 is 45.6 Å². The molecule has 0 saturated carbocycles. The zero-order valence-corrected chi connectivity index (χ0v) is 22.9. The normalized spacial score (nSPS) is 13.0. The molecule has 1 aromatic heterocycles. The molecule has 0 N–H and O–H groups in total. The Kier molecular flexibility index (Phi) is 4.88. The standard InChI is InChI=1S/C32H34NOSi/c1-19(2)17-26-22-12-9-8-11-21(22)20(3)29-31-30-24(15-16-33(31)4)23-13-10-14-28(35(5,6)7)25(23)18-27(30)34-32(26)29/h8-16,18-19H,17H2,1-7H3/q+1. The number of benzene rings is 4. The molecule has 2 nitrogen and oxygen atoms in total. The Morgan fingerprint density at radius 1 is 0.857 bits per heavy atom. The molecule has 4 aromatic carbocycles. The average Bonchev–Trinajstić information content (AvgIpc) is 2.81. The van der Waals surface area contributed by atoms with Gasteiger partial charge in [0.05, 0.1) is 19.0 Å². The summed E-state index contributed by atoms with van der Waals surface area (Å²) in [6.07, 6.45) is 3.22. The Balaban J connectivity index is 1.81. The summed E-state index contributed by atoms with van der Waals surface area (Å²) in [6.45, 7) is 14.2. The fourth-order valence-electron chi connectivity index (χ4n) is 6.09. The molecule has 2 heterocycles. The molecule has 1 aliphatic rings. The Labute approximate surface area is 209 Å². The van der Waals surface area contributed by atoms with E-state index in [0.29, 0.717) is 5.92 Å². The molecule has 0 unspecified atom stereocenters. The summed E-state index contributed by atoms with van der Waals surface area (Å²) in [5.41, 5.74) is 5.15. The Morgan fingerprint density at radius 3 is 2.29 bits per heavy atom.